The number of hydrogen-bond acceptors (Lipinski definition) is 2. The summed E-state index contributed by atoms with van der Waals surface area (Å²) in [5.41, 5.74) is 11.7. The lowest BCUT2D eigenvalue weighted by Crippen LogP contribution is -2.11. The van der Waals surface area contributed by atoms with Crippen LogP contribution in [0.5, 0.6) is 0 Å². The molecule has 0 saturated carbocycles. The molecule has 35 heavy (non-hydrogen) atoms. The summed E-state index contributed by atoms with van der Waals surface area (Å²) < 4.78 is 2.20. The lowest BCUT2D eigenvalue weighted by Gasteiger charge is -2.10. The van der Waals surface area contributed by atoms with Crippen molar-refractivity contribution in [3.63, 3.8) is 0 Å². The molecule has 0 aliphatic rings. The molecule has 173 valence electrons. The average molecular weight is 460 g/mol. The Morgan fingerprint density at radius 3 is 2.40 bits per heavy atom. The Morgan fingerprint density at radius 2 is 1.63 bits per heavy atom. The number of ketones is 1. The zero-order valence-corrected chi connectivity index (χ0v) is 19.8. The fourth-order valence-corrected chi connectivity index (χ4v) is 4.75. The van der Waals surface area contributed by atoms with Gasteiger partial charge in [-0.15, -0.1) is 0 Å². The number of amides is 1. The number of nitrogens with zero attached hydrogens (tertiary/aromatic N) is 1. The Bertz CT molecular complexity index is 1550. The molecule has 0 atom stereocenters. The number of fused-ring (bicyclic) bond motifs is 3. The Hall–Kier alpha value is -4.18. The highest BCUT2D eigenvalue weighted by Gasteiger charge is 2.18. The van der Waals surface area contributed by atoms with Gasteiger partial charge in [0.1, 0.15) is 0 Å². The summed E-state index contributed by atoms with van der Waals surface area (Å²) >= 11 is 0. The van der Waals surface area contributed by atoms with Crippen molar-refractivity contribution < 1.29 is 9.59 Å². The topological polar surface area (TPSA) is 65.1 Å². The molecule has 4 nitrogen and oxygen atoms in total. The Labute approximate surface area is 205 Å². The van der Waals surface area contributed by atoms with Crippen LogP contribution in [0.3, 0.4) is 0 Å². The standard InChI is InChI=1S/C31H27N2O2/c1-2-3-9-21-16-17-25-28(19-21)33(27-15-8-14-26(29(25)27)31(32)35)20-22-10-7-13-24(18-22)30(34)23-11-5-4-6-12-23/h4-8,10-16,18-19H,2-3,9,20H2,1H3,(H2,32,35). The van der Waals surface area contributed by atoms with Crippen LogP contribution in [0.1, 0.15) is 57.2 Å². The maximum absolute atomic E-state index is 13.0. The van der Waals surface area contributed by atoms with E-state index in [0.717, 1.165) is 46.6 Å². The van der Waals surface area contributed by atoms with Gasteiger partial charge in [0.25, 0.3) is 0 Å². The number of primary amides is 1. The van der Waals surface area contributed by atoms with E-state index in [-0.39, 0.29) is 5.78 Å². The number of carbonyl (C=O) groups excluding carboxylic acids is 2. The van der Waals surface area contributed by atoms with Crippen molar-refractivity contribution in [2.75, 3.05) is 0 Å². The Balaban J connectivity index is 1.63. The number of carbonyl (C=O) groups is 2. The molecule has 0 bridgehead atoms. The second-order valence-electron chi connectivity index (χ2n) is 8.92. The molecule has 2 N–H and O–H groups in total. The molecule has 0 fully saturated rings. The molecule has 1 aromatic heterocycles. The second-order valence-corrected chi connectivity index (χ2v) is 8.92. The number of benzene rings is 4. The largest absolute Gasteiger partial charge is 0.366 e. The minimum Gasteiger partial charge on any atom is -0.366 e. The zero-order chi connectivity index (χ0) is 24.4. The van der Waals surface area contributed by atoms with Crippen molar-refractivity contribution >= 4 is 33.5 Å². The van der Waals surface area contributed by atoms with Crippen LogP contribution in [-0.4, -0.2) is 16.3 Å². The van der Waals surface area contributed by atoms with Crippen molar-refractivity contribution in [2.24, 2.45) is 5.73 Å². The summed E-state index contributed by atoms with van der Waals surface area (Å²) in [4.78, 5) is 25.3. The molecule has 0 unspecified atom stereocenters. The van der Waals surface area contributed by atoms with Crippen LogP contribution in [0.2, 0.25) is 0 Å². The van der Waals surface area contributed by atoms with Gasteiger partial charge in [-0.1, -0.05) is 74.0 Å². The molecule has 0 saturated heterocycles. The van der Waals surface area contributed by atoms with E-state index in [0.29, 0.717) is 23.2 Å². The van der Waals surface area contributed by atoms with E-state index in [2.05, 4.69) is 23.6 Å². The Morgan fingerprint density at radius 1 is 0.857 bits per heavy atom. The van der Waals surface area contributed by atoms with Gasteiger partial charge in [-0.25, -0.2) is 0 Å². The van der Waals surface area contributed by atoms with Crippen molar-refractivity contribution in [3.05, 3.63) is 119 Å². The first kappa shape index (κ1) is 22.6. The SMILES string of the molecule is CCCCc1c[c]c2c3c(C(N)=O)cccc3n(Cc3cccc(C(=O)c4ccccc4)c3)c2c1. The average Bonchev–Trinajstić information content (AvgIpc) is 3.20. The minimum atomic E-state index is -0.450. The lowest BCUT2D eigenvalue weighted by molar-refractivity contribution is 0.1000. The van der Waals surface area contributed by atoms with Gasteiger partial charge < -0.3 is 10.3 Å². The third kappa shape index (κ3) is 4.35. The third-order valence-corrected chi connectivity index (χ3v) is 6.50. The van der Waals surface area contributed by atoms with Crippen LogP contribution in [0.4, 0.5) is 0 Å². The third-order valence-electron chi connectivity index (χ3n) is 6.50. The number of hydrogen-bond donors (Lipinski definition) is 1. The molecular weight excluding hydrogens is 432 g/mol. The zero-order valence-electron chi connectivity index (χ0n) is 19.8. The molecule has 1 amide bonds. The van der Waals surface area contributed by atoms with Crippen molar-refractivity contribution in [1.82, 2.24) is 4.57 Å². The number of nitrogens with two attached hydrogens (primary N) is 1. The molecule has 5 aromatic rings. The first-order valence-corrected chi connectivity index (χ1v) is 12.0. The number of unbranched alkanes of at least 4 members (excludes halogenated alkanes) is 1. The fourth-order valence-electron chi connectivity index (χ4n) is 4.75. The number of aryl methyl sites for hydroxylation is 1. The van der Waals surface area contributed by atoms with Crippen LogP contribution in [0, 0.1) is 6.07 Å². The van der Waals surface area contributed by atoms with Gasteiger partial charge in [0.05, 0.1) is 11.0 Å². The van der Waals surface area contributed by atoms with Crippen molar-refractivity contribution in [1.29, 1.82) is 0 Å². The smallest absolute Gasteiger partial charge is 0.249 e. The van der Waals surface area contributed by atoms with Gasteiger partial charge >= 0.3 is 0 Å². The predicted molar refractivity (Wildman–Crippen MR) is 141 cm³/mol. The summed E-state index contributed by atoms with van der Waals surface area (Å²) in [6.07, 6.45) is 3.21. The molecule has 0 spiro atoms. The van der Waals surface area contributed by atoms with Crippen LogP contribution >= 0.6 is 0 Å². The van der Waals surface area contributed by atoms with Gasteiger partial charge in [0.15, 0.2) is 5.78 Å². The lowest BCUT2D eigenvalue weighted by atomic mass is 10.0. The number of rotatable bonds is 8. The van der Waals surface area contributed by atoms with E-state index < -0.39 is 5.91 Å². The molecular formula is C31H27N2O2. The van der Waals surface area contributed by atoms with E-state index >= 15 is 0 Å². The molecule has 1 heterocycles. The van der Waals surface area contributed by atoms with Crippen molar-refractivity contribution in [3.8, 4) is 0 Å². The van der Waals surface area contributed by atoms with Gasteiger partial charge in [0.2, 0.25) is 5.91 Å². The van der Waals surface area contributed by atoms with E-state index in [1.54, 1.807) is 6.07 Å². The van der Waals surface area contributed by atoms with E-state index in [1.165, 1.54) is 5.56 Å². The van der Waals surface area contributed by atoms with Gasteiger partial charge in [-0.05, 0) is 54.3 Å². The highest BCUT2D eigenvalue weighted by molar-refractivity contribution is 6.17. The Kier molecular flexibility index (Phi) is 6.19. The highest BCUT2D eigenvalue weighted by atomic mass is 16.1. The van der Waals surface area contributed by atoms with E-state index in [9.17, 15) is 9.59 Å². The summed E-state index contributed by atoms with van der Waals surface area (Å²) in [5, 5.41) is 1.72. The number of aromatic nitrogens is 1. The van der Waals surface area contributed by atoms with Crippen LogP contribution in [0.25, 0.3) is 21.8 Å². The highest BCUT2D eigenvalue weighted by Crippen LogP contribution is 2.33. The van der Waals surface area contributed by atoms with Gasteiger partial charge in [-0.3, -0.25) is 9.59 Å². The molecule has 4 aromatic carbocycles. The van der Waals surface area contributed by atoms with Gasteiger partial charge in [-0.2, -0.15) is 0 Å². The first-order valence-electron chi connectivity index (χ1n) is 12.0. The maximum Gasteiger partial charge on any atom is 0.249 e. The van der Waals surface area contributed by atoms with E-state index in [1.807, 2.05) is 72.8 Å². The van der Waals surface area contributed by atoms with Gasteiger partial charge in [0, 0.05) is 34.0 Å². The van der Waals surface area contributed by atoms with Crippen LogP contribution in [0.15, 0.2) is 84.9 Å². The molecule has 4 heteroatoms. The predicted octanol–water partition coefficient (Wildman–Crippen LogP) is 6.32. The summed E-state index contributed by atoms with van der Waals surface area (Å²) in [5.74, 6) is -0.450. The maximum atomic E-state index is 13.0. The first-order chi connectivity index (χ1) is 17.1. The monoisotopic (exact) mass is 459 g/mol. The minimum absolute atomic E-state index is 0.000808. The molecule has 5 rings (SSSR count). The van der Waals surface area contributed by atoms with E-state index in [4.69, 9.17) is 5.73 Å². The normalized spacial score (nSPS) is 11.2. The van der Waals surface area contributed by atoms with Crippen molar-refractivity contribution in [2.45, 2.75) is 32.7 Å². The molecule has 0 aliphatic carbocycles. The van der Waals surface area contributed by atoms with Crippen LogP contribution in [-0.2, 0) is 13.0 Å². The fraction of sp³-hybridized carbons (Fsp3) is 0.161. The van der Waals surface area contributed by atoms with Crippen LogP contribution < -0.4 is 5.73 Å². The second kappa shape index (κ2) is 9.59. The summed E-state index contributed by atoms with van der Waals surface area (Å²) in [6, 6.07) is 30.4. The molecule has 0 aliphatic heterocycles. The quantitative estimate of drug-likeness (QED) is 0.276. The molecule has 1 radical (unpaired) electrons. The summed E-state index contributed by atoms with van der Waals surface area (Å²) in [6.45, 7) is 2.74. The summed E-state index contributed by atoms with van der Waals surface area (Å²) in [7, 11) is 0.